The van der Waals surface area contributed by atoms with Crippen LogP contribution < -0.4 is 4.90 Å². The van der Waals surface area contributed by atoms with Crippen LogP contribution >= 0.6 is 0 Å². The molecule has 0 saturated heterocycles. The molecule has 0 aromatic heterocycles. The van der Waals surface area contributed by atoms with Crippen molar-refractivity contribution in [1.29, 1.82) is 0 Å². The highest BCUT2D eigenvalue weighted by atomic mass is 19.1. The molecule has 4 aromatic rings. The van der Waals surface area contributed by atoms with Crippen molar-refractivity contribution in [2.45, 2.75) is 59.4 Å². The van der Waals surface area contributed by atoms with Gasteiger partial charge in [-0.2, -0.15) is 0 Å². The van der Waals surface area contributed by atoms with Gasteiger partial charge in [-0.05, 0) is 91.8 Å². The highest BCUT2D eigenvalue weighted by Gasteiger charge is 2.37. The van der Waals surface area contributed by atoms with Gasteiger partial charge in [-0.1, -0.05) is 74.5 Å². The Morgan fingerprint density at radius 2 is 1.29 bits per heavy atom. The third kappa shape index (κ3) is 3.76. The van der Waals surface area contributed by atoms with Crippen LogP contribution in [0.1, 0.15) is 56.9 Å². The van der Waals surface area contributed by atoms with E-state index in [1.807, 2.05) is 18.2 Å². The lowest BCUT2D eigenvalue weighted by atomic mass is 9.82. The van der Waals surface area contributed by atoms with Crippen LogP contribution in [0.2, 0.25) is 0 Å². The molecule has 1 nitrogen and oxygen atoms in total. The minimum Gasteiger partial charge on any atom is -0.336 e. The van der Waals surface area contributed by atoms with Crippen LogP contribution in [0.15, 0.2) is 78.9 Å². The summed E-state index contributed by atoms with van der Waals surface area (Å²) < 4.78 is 14.7. The van der Waals surface area contributed by atoms with E-state index in [1.165, 1.54) is 45.1 Å². The number of rotatable bonds is 3. The van der Waals surface area contributed by atoms with E-state index < -0.39 is 0 Å². The molecule has 1 aliphatic carbocycles. The molecular weight excluding hydrogens is 429 g/mol. The molecule has 0 unspecified atom stereocenters. The van der Waals surface area contributed by atoms with Gasteiger partial charge in [0, 0.05) is 27.9 Å². The molecule has 0 amide bonds. The largest absolute Gasteiger partial charge is 0.336 e. The normalized spacial score (nSPS) is 13.9. The Kier molecular flexibility index (Phi) is 5.40. The monoisotopic (exact) mass is 463 g/mol. The Labute approximate surface area is 209 Å². The van der Waals surface area contributed by atoms with Crippen molar-refractivity contribution in [2.24, 2.45) is 0 Å². The number of benzene rings is 4. The lowest BCUT2D eigenvalue weighted by Gasteiger charge is -2.40. The molecule has 0 saturated carbocycles. The molecule has 35 heavy (non-hydrogen) atoms. The van der Waals surface area contributed by atoms with E-state index in [9.17, 15) is 4.39 Å². The fraction of sp³-hybridized carbons (Fsp3) is 0.273. The number of anilines is 2. The highest BCUT2D eigenvalue weighted by Crippen LogP contribution is 2.51. The smallest absolute Gasteiger partial charge is 0.131 e. The molecule has 0 spiro atoms. The van der Waals surface area contributed by atoms with Gasteiger partial charge in [0.25, 0.3) is 0 Å². The Bertz CT molecular complexity index is 1440. The predicted molar refractivity (Wildman–Crippen MR) is 147 cm³/mol. The van der Waals surface area contributed by atoms with Gasteiger partial charge in [0.2, 0.25) is 0 Å². The zero-order valence-corrected chi connectivity index (χ0v) is 21.8. The number of hydrogen-bond donors (Lipinski definition) is 0. The average Bonchev–Trinajstić information content (AvgIpc) is 3.02. The summed E-state index contributed by atoms with van der Waals surface area (Å²) in [4.78, 5) is 2.43. The third-order valence-electron chi connectivity index (χ3n) is 7.45. The molecule has 2 heteroatoms. The SMILES string of the molecule is Cc1ccc(-c2ccccc2F)cc1N(c1cc2c(cc1C)C(C)(C)c1ccccc1-2)C(C)(C)C. The molecule has 0 fully saturated rings. The summed E-state index contributed by atoms with van der Waals surface area (Å²) in [6, 6.07) is 26.8. The molecule has 0 N–H and O–H groups in total. The zero-order valence-electron chi connectivity index (χ0n) is 21.8. The number of aryl methyl sites for hydroxylation is 2. The van der Waals surface area contributed by atoms with Crippen molar-refractivity contribution in [3.63, 3.8) is 0 Å². The Balaban J connectivity index is 1.73. The summed E-state index contributed by atoms with van der Waals surface area (Å²) in [6.45, 7) is 15.7. The van der Waals surface area contributed by atoms with Crippen molar-refractivity contribution in [3.8, 4) is 22.3 Å². The third-order valence-corrected chi connectivity index (χ3v) is 7.45. The quantitative estimate of drug-likeness (QED) is 0.292. The Morgan fingerprint density at radius 1 is 0.657 bits per heavy atom. The Hall–Kier alpha value is -3.39. The van der Waals surface area contributed by atoms with Crippen LogP contribution in [0.3, 0.4) is 0 Å². The summed E-state index contributed by atoms with van der Waals surface area (Å²) in [7, 11) is 0. The van der Waals surface area contributed by atoms with Crippen LogP contribution in [0.25, 0.3) is 22.3 Å². The predicted octanol–water partition coefficient (Wildman–Crippen LogP) is 9.35. The van der Waals surface area contributed by atoms with Crippen molar-refractivity contribution >= 4 is 11.4 Å². The van der Waals surface area contributed by atoms with E-state index in [-0.39, 0.29) is 16.8 Å². The summed E-state index contributed by atoms with van der Waals surface area (Å²) in [6.07, 6.45) is 0. The minimum absolute atomic E-state index is 0.0253. The zero-order chi connectivity index (χ0) is 25.1. The fourth-order valence-electron chi connectivity index (χ4n) is 5.65. The maximum atomic E-state index is 14.7. The van der Waals surface area contributed by atoms with E-state index in [0.717, 1.165) is 11.3 Å². The summed E-state index contributed by atoms with van der Waals surface area (Å²) in [5.41, 5.74) is 11.4. The molecular formula is C33H34FN. The maximum absolute atomic E-state index is 14.7. The van der Waals surface area contributed by atoms with Gasteiger partial charge in [-0.3, -0.25) is 0 Å². The molecule has 0 aliphatic heterocycles. The molecule has 0 radical (unpaired) electrons. The first-order chi connectivity index (χ1) is 16.5. The number of nitrogens with zero attached hydrogens (tertiary/aromatic N) is 1. The van der Waals surface area contributed by atoms with Crippen LogP contribution in [0.4, 0.5) is 15.8 Å². The van der Waals surface area contributed by atoms with Crippen LogP contribution in [0.5, 0.6) is 0 Å². The van der Waals surface area contributed by atoms with Crippen LogP contribution in [0, 0.1) is 19.7 Å². The molecule has 1 aliphatic rings. The number of fused-ring (bicyclic) bond motifs is 3. The first-order valence-corrected chi connectivity index (χ1v) is 12.4. The van der Waals surface area contributed by atoms with Gasteiger partial charge in [-0.25, -0.2) is 4.39 Å². The molecule has 178 valence electrons. The van der Waals surface area contributed by atoms with Crippen molar-refractivity contribution in [3.05, 3.63) is 107 Å². The van der Waals surface area contributed by atoms with E-state index in [4.69, 9.17) is 0 Å². The van der Waals surface area contributed by atoms with Crippen LogP contribution in [-0.4, -0.2) is 5.54 Å². The van der Waals surface area contributed by atoms with Crippen molar-refractivity contribution < 1.29 is 4.39 Å². The van der Waals surface area contributed by atoms with Gasteiger partial charge < -0.3 is 4.90 Å². The second kappa shape index (κ2) is 8.09. The van der Waals surface area contributed by atoms with E-state index >= 15 is 0 Å². The van der Waals surface area contributed by atoms with E-state index in [1.54, 1.807) is 6.07 Å². The highest BCUT2D eigenvalue weighted by molar-refractivity contribution is 5.86. The fourth-order valence-corrected chi connectivity index (χ4v) is 5.65. The first-order valence-electron chi connectivity index (χ1n) is 12.4. The van der Waals surface area contributed by atoms with Gasteiger partial charge in [0.15, 0.2) is 0 Å². The summed E-state index contributed by atoms with van der Waals surface area (Å²) in [5, 5.41) is 0. The summed E-state index contributed by atoms with van der Waals surface area (Å²) >= 11 is 0. The lowest BCUT2D eigenvalue weighted by molar-refractivity contribution is 0.558. The first kappa shape index (κ1) is 23.4. The minimum atomic E-state index is -0.197. The van der Waals surface area contributed by atoms with E-state index in [2.05, 4.69) is 102 Å². The topological polar surface area (TPSA) is 3.24 Å². The maximum Gasteiger partial charge on any atom is 0.131 e. The van der Waals surface area contributed by atoms with Gasteiger partial charge in [0.05, 0.1) is 0 Å². The summed E-state index contributed by atoms with van der Waals surface area (Å²) in [5.74, 6) is -0.197. The Morgan fingerprint density at radius 3 is 1.97 bits per heavy atom. The van der Waals surface area contributed by atoms with Crippen molar-refractivity contribution in [1.82, 2.24) is 0 Å². The van der Waals surface area contributed by atoms with Crippen molar-refractivity contribution in [2.75, 3.05) is 4.90 Å². The van der Waals surface area contributed by atoms with Crippen LogP contribution in [-0.2, 0) is 5.41 Å². The second-order valence-electron chi connectivity index (χ2n) is 11.3. The molecule has 0 atom stereocenters. The van der Waals surface area contributed by atoms with Gasteiger partial charge in [0.1, 0.15) is 5.82 Å². The molecule has 0 bridgehead atoms. The molecule has 4 aromatic carbocycles. The number of halogens is 1. The average molecular weight is 464 g/mol. The second-order valence-corrected chi connectivity index (χ2v) is 11.3. The van der Waals surface area contributed by atoms with E-state index in [0.29, 0.717) is 5.56 Å². The molecule has 5 rings (SSSR count). The lowest BCUT2D eigenvalue weighted by Crippen LogP contribution is -2.38. The standard InChI is InChI=1S/C33H34FN/c1-21-16-17-23(24-12-9-11-15-29(24)34)19-30(21)35(32(3,4)5)31-20-26-25-13-8-10-14-27(25)33(6,7)28(26)18-22(31)2/h8-20H,1-7H3. The number of hydrogen-bond acceptors (Lipinski definition) is 1. The van der Waals surface area contributed by atoms with Gasteiger partial charge >= 0.3 is 0 Å². The molecule has 0 heterocycles. The van der Waals surface area contributed by atoms with Gasteiger partial charge in [-0.15, -0.1) is 0 Å².